The second kappa shape index (κ2) is 7.05. The monoisotopic (exact) mass is 276 g/mol. The van der Waals surface area contributed by atoms with Crippen molar-refractivity contribution in [1.82, 2.24) is 10.2 Å². The van der Waals surface area contributed by atoms with E-state index in [0.29, 0.717) is 0 Å². The Morgan fingerprint density at radius 2 is 1.90 bits per heavy atom. The third kappa shape index (κ3) is 3.57. The molecule has 20 heavy (non-hydrogen) atoms. The minimum Gasteiger partial charge on any atom is -0.354 e. The summed E-state index contributed by atoms with van der Waals surface area (Å²) in [6, 6.07) is 9.34. The van der Waals surface area contributed by atoms with Crippen LogP contribution in [0.15, 0.2) is 30.3 Å². The maximum Gasteiger partial charge on any atom is 0.285 e. The molecule has 1 aliphatic rings. The topological polar surface area (TPSA) is 66.0 Å². The first-order chi connectivity index (χ1) is 9.72. The van der Waals surface area contributed by atoms with Crippen molar-refractivity contribution < 1.29 is 14.9 Å². The van der Waals surface area contributed by atoms with Gasteiger partial charge in [-0.1, -0.05) is 30.3 Å². The van der Waals surface area contributed by atoms with Gasteiger partial charge in [0.15, 0.2) is 12.6 Å². The number of benzene rings is 1. The lowest BCUT2D eigenvalue weighted by Gasteiger charge is -2.21. The predicted molar refractivity (Wildman–Crippen MR) is 75.9 cm³/mol. The molecule has 1 saturated heterocycles. The van der Waals surface area contributed by atoms with Gasteiger partial charge >= 0.3 is 0 Å². The number of rotatable bonds is 5. The zero-order valence-electron chi connectivity index (χ0n) is 11.8. The molecule has 1 aliphatic heterocycles. The molecule has 3 N–H and O–H groups in total. The maximum absolute atomic E-state index is 12.6. The molecule has 0 spiro atoms. The van der Waals surface area contributed by atoms with Crippen LogP contribution in [0.1, 0.15) is 24.4 Å². The molecule has 1 atom stereocenters. The summed E-state index contributed by atoms with van der Waals surface area (Å²) in [5, 5.41) is 4.40. The molecule has 1 aromatic rings. The van der Waals surface area contributed by atoms with Crippen LogP contribution in [0.3, 0.4) is 0 Å². The van der Waals surface area contributed by atoms with Gasteiger partial charge in [-0.2, -0.15) is 0 Å². The predicted octanol–water partition coefficient (Wildman–Crippen LogP) is -0.340. The van der Waals surface area contributed by atoms with Crippen molar-refractivity contribution in [2.24, 2.45) is 0 Å². The highest BCUT2D eigenvalue weighted by Gasteiger charge is 2.30. The lowest BCUT2D eigenvalue weighted by molar-refractivity contribution is -0.673. The number of nitrogens with zero attached hydrogens (tertiary/aromatic N) is 1. The molecule has 0 bridgehead atoms. The fourth-order valence-corrected chi connectivity index (χ4v) is 2.50. The van der Waals surface area contributed by atoms with E-state index in [9.17, 15) is 9.59 Å². The van der Waals surface area contributed by atoms with Crippen molar-refractivity contribution in [2.75, 3.05) is 26.7 Å². The Morgan fingerprint density at radius 1 is 1.25 bits per heavy atom. The van der Waals surface area contributed by atoms with Gasteiger partial charge in [0.1, 0.15) is 0 Å². The average Bonchev–Trinajstić information content (AvgIpc) is 3.02. The largest absolute Gasteiger partial charge is 0.354 e. The quantitative estimate of drug-likeness (QED) is 0.772. The molecular formula is C15H22N3O2+. The Kier molecular flexibility index (Phi) is 5.12. The Morgan fingerprint density at radius 3 is 2.50 bits per heavy atom. The van der Waals surface area contributed by atoms with Crippen molar-refractivity contribution in [3.05, 3.63) is 35.9 Å². The van der Waals surface area contributed by atoms with Gasteiger partial charge in [-0.3, -0.25) is 9.59 Å². The molecule has 0 aliphatic carbocycles. The highest BCUT2D eigenvalue weighted by Crippen LogP contribution is 2.16. The number of nitrogens with two attached hydrogens (primary N) is 1. The summed E-state index contributed by atoms with van der Waals surface area (Å²) in [4.78, 5) is 25.9. The number of nitrogens with one attached hydrogen (secondary N) is 1. The van der Waals surface area contributed by atoms with Gasteiger partial charge in [-0.15, -0.1) is 0 Å². The lowest BCUT2D eigenvalue weighted by Crippen LogP contribution is -2.89. The van der Waals surface area contributed by atoms with Crippen LogP contribution in [0.25, 0.3) is 0 Å². The van der Waals surface area contributed by atoms with Gasteiger partial charge in [0.25, 0.3) is 11.8 Å². The van der Waals surface area contributed by atoms with Crippen molar-refractivity contribution in [3.8, 4) is 0 Å². The van der Waals surface area contributed by atoms with Gasteiger partial charge in [-0.05, 0) is 12.8 Å². The first-order valence-corrected chi connectivity index (χ1v) is 7.10. The van der Waals surface area contributed by atoms with E-state index in [1.807, 2.05) is 40.5 Å². The Hall–Kier alpha value is -1.88. The summed E-state index contributed by atoms with van der Waals surface area (Å²) >= 11 is 0. The molecule has 5 heteroatoms. The maximum atomic E-state index is 12.6. The average molecular weight is 276 g/mol. The third-order valence-electron chi connectivity index (χ3n) is 3.66. The molecular weight excluding hydrogens is 254 g/mol. The summed E-state index contributed by atoms with van der Waals surface area (Å²) in [6.07, 6.45) is 2.14. The molecule has 2 amide bonds. The van der Waals surface area contributed by atoms with Gasteiger partial charge in [0.05, 0.1) is 0 Å². The van der Waals surface area contributed by atoms with Gasteiger partial charge in [0, 0.05) is 25.7 Å². The number of likely N-dealkylation sites (tertiary alicyclic amines) is 1. The van der Waals surface area contributed by atoms with Gasteiger partial charge < -0.3 is 15.5 Å². The molecule has 1 fully saturated rings. The zero-order valence-corrected chi connectivity index (χ0v) is 11.8. The fourth-order valence-electron chi connectivity index (χ4n) is 2.50. The van der Waals surface area contributed by atoms with E-state index >= 15 is 0 Å². The van der Waals surface area contributed by atoms with Crippen molar-refractivity contribution >= 4 is 11.8 Å². The van der Waals surface area contributed by atoms with Crippen LogP contribution in [0.5, 0.6) is 0 Å². The highest BCUT2D eigenvalue weighted by molar-refractivity contribution is 5.82. The molecule has 0 unspecified atom stereocenters. The Labute approximate surface area is 119 Å². The minimum absolute atomic E-state index is 0.0693. The number of quaternary nitrogens is 1. The second-order valence-corrected chi connectivity index (χ2v) is 5.03. The van der Waals surface area contributed by atoms with E-state index in [1.54, 1.807) is 7.05 Å². The Bertz CT molecular complexity index is 455. The van der Waals surface area contributed by atoms with Crippen molar-refractivity contribution in [2.45, 2.75) is 18.9 Å². The normalized spacial score (nSPS) is 15.9. The zero-order chi connectivity index (χ0) is 14.4. The number of hydrogen-bond donors (Lipinski definition) is 2. The van der Waals surface area contributed by atoms with E-state index in [0.717, 1.165) is 31.5 Å². The molecule has 1 heterocycles. The van der Waals surface area contributed by atoms with Crippen LogP contribution in [0.4, 0.5) is 0 Å². The highest BCUT2D eigenvalue weighted by atomic mass is 16.2. The van der Waals surface area contributed by atoms with Crippen molar-refractivity contribution in [3.63, 3.8) is 0 Å². The van der Waals surface area contributed by atoms with E-state index in [-0.39, 0.29) is 24.4 Å². The minimum atomic E-state index is -0.327. The van der Waals surface area contributed by atoms with Crippen LogP contribution in [0, 0.1) is 0 Å². The molecule has 0 radical (unpaired) electrons. The molecule has 5 nitrogen and oxygen atoms in total. The van der Waals surface area contributed by atoms with Crippen LogP contribution < -0.4 is 10.6 Å². The number of carbonyl (C=O) groups excluding carboxylic acids is 2. The van der Waals surface area contributed by atoms with Gasteiger partial charge in [-0.25, -0.2) is 0 Å². The molecule has 0 saturated carbocycles. The SMILES string of the molecule is CNC(=O)C[NH2+][C@@H](C(=O)N1CCCC1)c1ccccc1. The smallest absolute Gasteiger partial charge is 0.285 e. The van der Waals surface area contributed by atoms with Crippen molar-refractivity contribution in [1.29, 1.82) is 0 Å². The molecule has 0 aromatic heterocycles. The lowest BCUT2D eigenvalue weighted by atomic mass is 10.1. The fraction of sp³-hybridized carbons (Fsp3) is 0.467. The van der Waals surface area contributed by atoms with E-state index in [2.05, 4.69) is 5.32 Å². The van der Waals surface area contributed by atoms with Gasteiger partial charge in [0.2, 0.25) is 0 Å². The summed E-state index contributed by atoms with van der Waals surface area (Å²) < 4.78 is 0. The standard InChI is InChI=1S/C15H21N3O2/c1-16-13(19)11-17-14(12-7-3-2-4-8-12)15(20)18-9-5-6-10-18/h2-4,7-8,14,17H,5-6,9-11H2,1H3,(H,16,19)/p+1/t14-/m1/s1. The molecule has 2 rings (SSSR count). The number of carbonyl (C=O) groups is 2. The first kappa shape index (κ1) is 14.5. The summed E-state index contributed by atoms with van der Waals surface area (Å²) in [5.74, 6) is 0.0396. The molecule has 1 aromatic carbocycles. The van der Waals surface area contributed by atoms with Crippen LogP contribution in [0.2, 0.25) is 0 Å². The number of hydrogen-bond acceptors (Lipinski definition) is 2. The van der Waals surface area contributed by atoms with E-state index < -0.39 is 0 Å². The van der Waals surface area contributed by atoms with Crippen LogP contribution >= 0.6 is 0 Å². The number of amides is 2. The third-order valence-corrected chi connectivity index (χ3v) is 3.66. The Balaban J connectivity index is 2.10. The van der Waals surface area contributed by atoms with E-state index in [4.69, 9.17) is 0 Å². The summed E-state index contributed by atoms with van der Waals surface area (Å²) in [6.45, 7) is 1.92. The van der Waals surface area contributed by atoms with Crippen LogP contribution in [-0.2, 0) is 9.59 Å². The second-order valence-electron chi connectivity index (χ2n) is 5.03. The van der Waals surface area contributed by atoms with E-state index in [1.165, 1.54) is 0 Å². The summed E-state index contributed by atoms with van der Waals surface area (Å²) in [7, 11) is 1.61. The summed E-state index contributed by atoms with van der Waals surface area (Å²) in [5.41, 5.74) is 0.952. The number of likely N-dealkylation sites (N-methyl/N-ethyl adjacent to an activating group) is 1. The van der Waals surface area contributed by atoms with Crippen LogP contribution in [-0.4, -0.2) is 43.4 Å². The first-order valence-electron chi connectivity index (χ1n) is 7.10. The molecule has 108 valence electrons.